The average molecular weight is 278 g/mol. The number of H-pyrrole nitrogens is 1. The second kappa shape index (κ2) is 6.32. The van der Waals surface area contributed by atoms with Gasteiger partial charge in [0.25, 0.3) is 0 Å². The summed E-state index contributed by atoms with van der Waals surface area (Å²) < 4.78 is 0. The highest BCUT2D eigenvalue weighted by Crippen LogP contribution is 2.35. The lowest BCUT2D eigenvalue weighted by atomic mass is 10.0. The lowest BCUT2D eigenvalue weighted by molar-refractivity contribution is 0.0195. The van der Waals surface area contributed by atoms with E-state index in [0.717, 1.165) is 0 Å². The third-order valence-corrected chi connectivity index (χ3v) is 3.50. The van der Waals surface area contributed by atoms with Crippen molar-refractivity contribution in [2.45, 2.75) is 24.3 Å². The third-order valence-electron chi connectivity index (χ3n) is 3.50. The van der Waals surface area contributed by atoms with Crippen molar-refractivity contribution in [2.24, 2.45) is 9.98 Å². The standard InChI is InChI=1S/C12H19BN4O3/c1-14-9-6(2-16-7(9)3-15-5-13)10-12(20)11(19)8(4-18)17-10/h2-3,8,10-12,16-20H,1,4-5,13H2/b15-3-. The maximum atomic E-state index is 10.1. The predicted molar refractivity (Wildman–Crippen MR) is 79.8 cm³/mol. The molecule has 0 spiro atoms. The Balaban J connectivity index is 2.31. The van der Waals surface area contributed by atoms with E-state index in [1.54, 1.807) is 12.4 Å². The zero-order valence-electron chi connectivity index (χ0n) is 11.3. The Hall–Kier alpha value is -1.48. The van der Waals surface area contributed by atoms with Gasteiger partial charge in [-0.25, -0.2) is 0 Å². The molecule has 4 unspecified atom stereocenters. The number of hydrogen-bond acceptors (Lipinski definition) is 6. The van der Waals surface area contributed by atoms with Crippen molar-refractivity contribution in [3.63, 3.8) is 0 Å². The molecule has 1 aromatic heterocycles. The highest BCUT2D eigenvalue weighted by molar-refractivity contribution is 6.09. The van der Waals surface area contributed by atoms with Crippen molar-refractivity contribution in [2.75, 3.05) is 13.1 Å². The number of nitrogens with zero attached hydrogens (tertiary/aromatic N) is 2. The van der Waals surface area contributed by atoms with E-state index in [9.17, 15) is 10.2 Å². The van der Waals surface area contributed by atoms with Gasteiger partial charge in [-0.2, -0.15) is 0 Å². The van der Waals surface area contributed by atoms with Crippen LogP contribution in [0.2, 0.25) is 0 Å². The Bertz CT molecular complexity index is 505. The Morgan fingerprint density at radius 1 is 1.40 bits per heavy atom. The molecule has 0 bridgehead atoms. The van der Waals surface area contributed by atoms with Crippen LogP contribution in [0.5, 0.6) is 0 Å². The third kappa shape index (κ3) is 2.55. The van der Waals surface area contributed by atoms with E-state index >= 15 is 0 Å². The number of hydrogen-bond donors (Lipinski definition) is 5. The molecule has 20 heavy (non-hydrogen) atoms. The molecule has 0 radical (unpaired) electrons. The lowest BCUT2D eigenvalue weighted by Gasteiger charge is -2.15. The van der Waals surface area contributed by atoms with Gasteiger partial charge in [0.1, 0.15) is 14.0 Å². The molecule has 1 aromatic rings. The van der Waals surface area contributed by atoms with Crippen LogP contribution in [0, 0.1) is 0 Å². The first-order chi connectivity index (χ1) is 9.63. The Morgan fingerprint density at radius 3 is 2.70 bits per heavy atom. The van der Waals surface area contributed by atoms with E-state index < -0.39 is 24.3 Å². The molecule has 1 fully saturated rings. The smallest absolute Gasteiger partial charge is 0.129 e. The molecular formula is C12H19BN4O3. The van der Waals surface area contributed by atoms with Crippen LogP contribution >= 0.6 is 0 Å². The molecule has 0 amide bonds. The maximum absolute atomic E-state index is 10.1. The maximum Gasteiger partial charge on any atom is 0.129 e. The van der Waals surface area contributed by atoms with E-state index in [4.69, 9.17) is 5.11 Å². The summed E-state index contributed by atoms with van der Waals surface area (Å²) in [7, 11) is 1.92. The second-order valence-corrected chi connectivity index (χ2v) is 4.71. The van der Waals surface area contributed by atoms with Crippen LogP contribution in [0.1, 0.15) is 17.3 Å². The van der Waals surface area contributed by atoms with Crippen LogP contribution in [0.3, 0.4) is 0 Å². The van der Waals surface area contributed by atoms with Crippen LogP contribution in [0.25, 0.3) is 0 Å². The summed E-state index contributed by atoms with van der Waals surface area (Å²) in [4.78, 5) is 11.1. The fourth-order valence-corrected chi connectivity index (χ4v) is 2.44. The van der Waals surface area contributed by atoms with E-state index in [1.165, 1.54) is 0 Å². The zero-order chi connectivity index (χ0) is 14.7. The highest BCUT2D eigenvalue weighted by Gasteiger charge is 2.42. The molecule has 1 aliphatic heterocycles. The van der Waals surface area contributed by atoms with Crippen LogP contribution in [-0.2, 0) is 0 Å². The molecule has 2 rings (SSSR count). The van der Waals surface area contributed by atoms with Gasteiger partial charge in [0.15, 0.2) is 0 Å². The molecule has 1 saturated heterocycles. The van der Waals surface area contributed by atoms with E-state index in [-0.39, 0.29) is 6.61 Å². The van der Waals surface area contributed by atoms with Gasteiger partial charge < -0.3 is 25.6 Å². The number of aliphatic hydroxyl groups is 3. The Kier molecular flexibility index (Phi) is 4.71. The number of rotatable bonds is 5. The molecule has 4 atom stereocenters. The fraction of sp³-hybridized carbons (Fsp3) is 0.500. The molecular weight excluding hydrogens is 259 g/mol. The summed E-state index contributed by atoms with van der Waals surface area (Å²) in [5.74, 6) is 0. The summed E-state index contributed by atoms with van der Waals surface area (Å²) in [5.41, 5.74) is 1.98. The first-order valence-electron chi connectivity index (χ1n) is 6.54. The van der Waals surface area contributed by atoms with Crippen molar-refractivity contribution in [3.05, 3.63) is 17.5 Å². The van der Waals surface area contributed by atoms with Crippen molar-refractivity contribution in [3.8, 4) is 0 Å². The minimum absolute atomic E-state index is 0.250. The van der Waals surface area contributed by atoms with Gasteiger partial charge in [-0.1, -0.05) is 0 Å². The monoisotopic (exact) mass is 278 g/mol. The molecule has 0 aromatic carbocycles. The molecule has 8 heteroatoms. The van der Waals surface area contributed by atoms with Crippen molar-refractivity contribution in [1.82, 2.24) is 10.3 Å². The molecule has 2 heterocycles. The zero-order valence-corrected chi connectivity index (χ0v) is 11.3. The predicted octanol–water partition coefficient (Wildman–Crippen LogP) is -1.92. The topological polar surface area (TPSA) is 113 Å². The minimum Gasteiger partial charge on any atom is -0.395 e. The van der Waals surface area contributed by atoms with Gasteiger partial charge in [-0.15, -0.1) is 0 Å². The molecule has 5 N–H and O–H groups in total. The Morgan fingerprint density at radius 2 is 2.15 bits per heavy atom. The summed E-state index contributed by atoms with van der Waals surface area (Å²) in [6.45, 7) is 3.28. The fourth-order valence-electron chi connectivity index (χ4n) is 2.44. The number of aromatic nitrogens is 1. The summed E-state index contributed by atoms with van der Waals surface area (Å²) in [5, 5.41) is 32.1. The van der Waals surface area contributed by atoms with Crippen LogP contribution in [-0.4, -0.2) is 72.4 Å². The largest absolute Gasteiger partial charge is 0.395 e. The van der Waals surface area contributed by atoms with E-state index in [1.807, 2.05) is 7.85 Å². The van der Waals surface area contributed by atoms with Crippen molar-refractivity contribution >= 4 is 26.5 Å². The highest BCUT2D eigenvalue weighted by atomic mass is 16.3. The van der Waals surface area contributed by atoms with Crippen molar-refractivity contribution < 1.29 is 15.3 Å². The molecule has 7 nitrogen and oxygen atoms in total. The van der Waals surface area contributed by atoms with E-state index in [0.29, 0.717) is 23.4 Å². The molecule has 0 saturated carbocycles. The number of nitrogens with one attached hydrogen (secondary N) is 2. The second-order valence-electron chi connectivity index (χ2n) is 4.71. The average Bonchev–Trinajstić information content (AvgIpc) is 2.98. The number of aromatic amines is 1. The summed E-state index contributed by atoms with van der Waals surface area (Å²) >= 11 is 0. The summed E-state index contributed by atoms with van der Waals surface area (Å²) in [6, 6.07) is -1.07. The van der Waals surface area contributed by atoms with Crippen LogP contribution < -0.4 is 5.32 Å². The SMILES string of the molecule is BC/N=C\c1[nH]cc(C2NC(CO)C(O)C2O)c1N=C. The van der Waals surface area contributed by atoms with E-state index in [2.05, 4.69) is 27.0 Å². The number of aliphatic hydroxyl groups excluding tert-OH is 3. The Labute approximate surface area is 117 Å². The molecule has 0 aliphatic carbocycles. The normalized spacial score (nSPS) is 30.1. The van der Waals surface area contributed by atoms with Gasteiger partial charge in [-0.3, -0.25) is 9.98 Å². The summed E-state index contributed by atoms with van der Waals surface area (Å²) in [6.07, 6.45) is 1.98. The van der Waals surface area contributed by atoms with Gasteiger partial charge in [-0.05, 0) is 6.72 Å². The molecule has 108 valence electrons. The minimum atomic E-state index is -1.02. The van der Waals surface area contributed by atoms with Crippen molar-refractivity contribution in [1.29, 1.82) is 0 Å². The van der Waals surface area contributed by atoms with Gasteiger partial charge >= 0.3 is 0 Å². The molecule has 1 aliphatic rings. The lowest BCUT2D eigenvalue weighted by Crippen LogP contribution is -2.35. The van der Waals surface area contributed by atoms with Gasteiger partial charge in [0.05, 0.1) is 36.2 Å². The van der Waals surface area contributed by atoms with Crippen LogP contribution in [0.4, 0.5) is 5.69 Å². The van der Waals surface area contributed by atoms with Crippen LogP contribution in [0.15, 0.2) is 16.2 Å². The van der Waals surface area contributed by atoms with Gasteiger partial charge in [0, 0.05) is 24.4 Å². The van der Waals surface area contributed by atoms with Gasteiger partial charge in [0.2, 0.25) is 0 Å². The first-order valence-corrected chi connectivity index (χ1v) is 6.54. The first kappa shape index (κ1) is 14.9. The quantitative estimate of drug-likeness (QED) is 0.319. The number of aliphatic imine (C=N–C) groups is 2.